The fraction of sp³-hybridized carbons (Fsp3) is 0.111. The molecule has 0 aromatic heterocycles. The number of rotatable bonds is 2. The van der Waals surface area contributed by atoms with Crippen LogP contribution in [0, 0.1) is 0 Å². The predicted molar refractivity (Wildman–Crippen MR) is 94.5 cm³/mol. The third kappa shape index (κ3) is 3.21. The Balaban J connectivity index is 1.65. The van der Waals surface area contributed by atoms with Gasteiger partial charge in [-0.3, -0.25) is 0 Å². The second kappa shape index (κ2) is 6.43. The SMILES string of the molecule is O=C1OC(c2ccc(Cl)c(Cl)c2)=N/C1=C\c1ccc2c(c1)OCCO2. The predicted octanol–water partition coefficient (Wildman–Crippen LogP) is 4.11. The minimum atomic E-state index is -0.532. The Morgan fingerprint density at radius 2 is 1.76 bits per heavy atom. The molecule has 2 aromatic carbocycles. The smallest absolute Gasteiger partial charge is 0.363 e. The number of halogens is 2. The fourth-order valence-corrected chi connectivity index (χ4v) is 2.77. The second-order valence-electron chi connectivity index (χ2n) is 5.37. The molecule has 25 heavy (non-hydrogen) atoms. The van der Waals surface area contributed by atoms with Gasteiger partial charge in [0.1, 0.15) is 13.2 Å². The molecule has 0 radical (unpaired) electrons. The van der Waals surface area contributed by atoms with Gasteiger partial charge in [-0.25, -0.2) is 9.79 Å². The molecule has 2 aromatic rings. The topological polar surface area (TPSA) is 57.1 Å². The number of cyclic esters (lactones) is 1. The summed E-state index contributed by atoms with van der Waals surface area (Å²) in [6, 6.07) is 10.3. The zero-order valence-electron chi connectivity index (χ0n) is 12.8. The average Bonchev–Trinajstić information content (AvgIpc) is 2.98. The quantitative estimate of drug-likeness (QED) is 0.585. The summed E-state index contributed by atoms with van der Waals surface area (Å²) in [6.45, 7) is 1.02. The Hall–Kier alpha value is -2.50. The fourth-order valence-electron chi connectivity index (χ4n) is 2.47. The van der Waals surface area contributed by atoms with Gasteiger partial charge in [0.15, 0.2) is 17.2 Å². The van der Waals surface area contributed by atoms with Crippen molar-refractivity contribution < 1.29 is 19.0 Å². The lowest BCUT2D eigenvalue weighted by Crippen LogP contribution is -2.15. The molecule has 0 unspecified atom stereocenters. The van der Waals surface area contributed by atoms with Gasteiger partial charge in [0.2, 0.25) is 5.90 Å². The van der Waals surface area contributed by atoms with Crippen molar-refractivity contribution >= 4 is 41.1 Å². The van der Waals surface area contributed by atoms with E-state index in [1.807, 2.05) is 6.07 Å². The maximum Gasteiger partial charge on any atom is 0.363 e. The Bertz CT molecular complexity index is 937. The van der Waals surface area contributed by atoms with Gasteiger partial charge in [0.05, 0.1) is 10.0 Å². The number of hydrogen-bond acceptors (Lipinski definition) is 5. The van der Waals surface area contributed by atoms with Crippen molar-refractivity contribution in [1.82, 2.24) is 0 Å². The van der Waals surface area contributed by atoms with Crippen molar-refractivity contribution in [2.75, 3.05) is 13.2 Å². The highest BCUT2D eigenvalue weighted by molar-refractivity contribution is 6.42. The highest BCUT2D eigenvalue weighted by atomic mass is 35.5. The minimum Gasteiger partial charge on any atom is -0.486 e. The van der Waals surface area contributed by atoms with Crippen molar-refractivity contribution in [2.24, 2.45) is 4.99 Å². The van der Waals surface area contributed by atoms with Crippen molar-refractivity contribution in [3.05, 3.63) is 63.3 Å². The van der Waals surface area contributed by atoms with Crippen LogP contribution in [0.15, 0.2) is 47.1 Å². The summed E-state index contributed by atoms with van der Waals surface area (Å²) in [5.41, 5.74) is 1.53. The Morgan fingerprint density at radius 3 is 2.56 bits per heavy atom. The summed E-state index contributed by atoms with van der Waals surface area (Å²) in [5.74, 6) is 0.978. The Morgan fingerprint density at radius 1 is 0.960 bits per heavy atom. The van der Waals surface area contributed by atoms with Crippen LogP contribution in [-0.4, -0.2) is 25.1 Å². The van der Waals surface area contributed by atoms with E-state index in [1.54, 1.807) is 36.4 Å². The van der Waals surface area contributed by atoms with Crippen LogP contribution in [0.4, 0.5) is 0 Å². The van der Waals surface area contributed by atoms with Crippen LogP contribution in [-0.2, 0) is 9.53 Å². The maximum atomic E-state index is 12.1. The summed E-state index contributed by atoms with van der Waals surface area (Å²) < 4.78 is 16.2. The first-order valence-corrected chi connectivity index (χ1v) is 8.23. The van der Waals surface area contributed by atoms with E-state index in [2.05, 4.69) is 4.99 Å². The van der Waals surface area contributed by atoms with E-state index in [0.29, 0.717) is 40.3 Å². The molecular formula is C18H11Cl2NO4. The zero-order chi connectivity index (χ0) is 17.4. The number of carbonyl (C=O) groups is 1. The van der Waals surface area contributed by atoms with Crippen LogP contribution in [0.2, 0.25) is 10.0 Å². The van der Waals surface area contributed by atoms with Gasteiger partial charge in [-0.2, -0.15) is 0 Å². The standard InChI is InChI=1S/C18H11Cl2NO4/c19-12-3-2-11(9-13(12)20)17-21-14(18(22)25-17)7-10-1-4-15-16(8-10)24-6-5-23-15/h1-4,7-9H,5-6H2/b14-7-. The van der Waals surface area contributed by atoms with Crippen molar-refractivity contribution in [3.8, 4) is 11.5 Å². The first-order valence-electron chi connectivity index (χ1n) is 7.48. The molecule has 7 heteroatoms. The molecule has 0 spiro atoms. The van der Waals surface area contributed by atoms with Crippen LogP contribution in [0.1, 0.15) is 11.1 Å². The number of ether oxygens (including phenoxy) is 3. The van der Waals surface area contributed by atoms with Crippen LogP contribution >= 0.6 is 23.2 Å². The van der Waals surface area contributed by atoms with Crippen LogP contribution < -0.4 is 9.47 Å². The monoisotopic (exact) mass is 375 g/mol. The highest BCUT2D eigenvalue weighted by Crippen LogP contribution is 2.32. The van der Waals surface area contributed by atoms with Gasteiger partial charge in [-0.1, -0.05) is 29.3 Å². The largest absolute Gasteiger partial charge is 0.486 e. The number of esters is 1. The van der Waals surface area contributed by atoms with Crippen LogP contribution in [0.25, 0.3) is 6.08 Å². The first kappa shape index (κ1) is 16.0. The molecule has 2 aliphatic heterocycles. The number of aliphatic imine (C=N–C) groups is 1. The van der Waals surface area contributed by atoms with Gasteiger partial charge in [0, 0.05) is 5.56 Å². The van der Waals surface area contributed by atoms with Crippen molar-refractivity contribution in [3.63, 3.8) is 0 Å². The summed E-state index contributed by atoms with van der Waals surface area (Å²) in [5, 5.41) is 0.782. The first-order chi connectivity index (χ1) is 12.1. The molecule has 2 aliphatic rings. The van der Waals surface area contributed by atoms with E-state index in [4.69, 9.17) is 37.4 Å². The Kier molecular flexibility index (Phi) is 4.11. The number of hydrogen-bond donors (Lipinski definition) is 0. The van der Waals surface area contributed by atoms with Crippen molar-refractivity contribution in [1.29, 1.82) is 0 Å². The van der Waals surface area contributed by atoms with Crippen molar-refractivity contribution in [2.45, 2.75) is 0 Å². The molecule has 5 nitrogen and oxygen atoms in total. The molecule has 0 atom stereocenters. The van der Waals surface area contributed by atoms with E-state index < -0.39 is 5.97 Å². The molecule has 2 heterocycles. The third-order valence-corrected chi connectivity index (χ3v) is 4.40. The Labute approximate surface area is 153 Å². The molecule has 126 valence electrons. The minimum absolute atomic E-state index is 0.187. The molecule has 0 N–H and O–H groups in total. The van der Waals surface area contributed by atoms with Crippen LogP contribution in [0.5, 0.6) is 11.5 Å². The molecule has 0 amide bonds. The summed E-state index contributed by atoms with van der Waals surface area (Å²) >= 11 is 11.9. The number of nitrogens with zero attached hydrogens (tertiary/aromatic N) is 1. The summed E-state index contributed by atoms with van der Waals surface area (Å²) in [6.07, 6.45) is 1.63. The lowest BCUT2D eigenvalue weighted by Gasteiger charge is -2.18. The van der Waals surface area contributed by atoms with Gasteiger partial charge in [-0.05, 0) is 42.0 Å². The van der Waals surface area contributed by atoms with E-state index in [1.165, 1.54) is 0 Å². The highest BCUT2D eigenvalue weighted by Gasteiger charge is 2.25. The second-order valence-corrected chi connectivity index (χ2v) is 6.18. The molecule has 0 aliphatic carbocycles. The summed E-state index contributed by atoms with van der Waals surface area (Å²) in [4.78, 5) is 16.3. The molecule has 0 bridgehead atoms. The van der Waals surface area contributed by atoms with Gasteiger partial charge >= 0.3 is 5.97 Å². The number of fused-ring (bicyclic) bond motifs is 1. The molecule has 4 rings (SSSR count). The number of carbonyl (C=O) groups excluding carboxylic acids is 1. The average molecular weight is 376 g/mol. The molecule has 0 saturated heterocycles. The van der Waals surface area contributed by atoms with E-state index in [0.717, 1.165) is 5.56 Å². The van der Waals surface area contributed by atoms with Gasteiger partial charge in [0.25, 0.3) is 0 Å². The maximum absolute atomic E-state index is 12.1. The van der Waals surface area contributed by atoms with E-state index >= 15 is 0 Å². The normalized spacial score (nSPS) is 17.4. The lowest BCUT2D eigenvalue weighted by molar-refractivity contribution is -0.129. The molecule has 0 fully saturated rings. The molecular weight excluding hydrogens is 365 g/mol. The summed E-state index contributed by atoms with van der Waals surface area (Å²) in [7, 11) is 0. The third-order valence-electron chi connectivity index (χ3n) is 3.66. The van der Waals surface area contributed by atoms with E-state index in [-0.39, 0.29) is 11.6 Å². The van der Waals surface area contributed by atoms with Gasteiger partial charge in [-0.15, -0.1) is 0 Å². The van der Waals surface area contributed by atoms with Crippen LogP contribution in [0.3, 0.4) is 0 Å². The number of benzene rings is 2. The molecule has 0 saturated carbocycles. The zero-order valence-corrected chi connectivity index (χ0v) is 14.3. The van der Waals surface area contributed by atoms with E-state index in [9.17, 15) is 4.79 Å². The van der Waals surface area contributed by atoms with Gasteiger partial charge < -0.3 is 14.2 Å². The lowest BCUT2D eigenvalue weighted by atomic mass is 10.1.